The monoisotopic (exact) mass is 333 g/mol. The van der Waals surface area contributed by atoms with Crippen molar-refractivity contribution in [3.63, 3.8) is 0 Å². The van der Waals surface area contributed by atoms with Crippen LogP contribution in [0.3, 0.4) is 0 Å². The minimum absolute atomic E-state index is 0.0745. The Labute approximate surface area is 143 Å². The van der Waals surface area contributed by atoms with Crippen molar-refractivity contribution in [3.8, 4) is 0 Å². The van der Waals surface area contributed by atoms with Crippen molar-refractivity contribution < 1.29 is 9.53 Å². The fourth-order valence-corrected chi connectivity index (χ4v) is 7.74. The van der Waals surface area contributed by atoms with Gasteiger partial charge in [-0.3, -0.25) is 4.90 Å². The molecule has 0 aromatic rings. The zero-order valence-corrected chi connectivity index (χ0v) is 14.7. The SMILES string of the molecule is O=C1C=C2CC(SC3CCCCC3)C3CC2(O1)C1CCCCN31. The Morgan fingerprint density at radius 1 is 1.13 bits per heavy atom. The molecule has 3 heterocycles. The molecule has 0 N–H and O–H groups in total. The highest BCUT2D eigenvalue weighted by atomic mass is 32.2. The predicted molar refractivity (Wildman–Crippen MR) is 92.5 cm³/mol. The first-order valence-corrected chi connectivity index (χ1v) is 10.6. The number of esters is 1. The van der Waals surface area contributed by atoms with Crippen molar-refractivity contribution in [3.05, 3.63) is 11.6 Å². The van der Waals surface area contributed by atoms with Gasteiger partial charge in [0.05, 0.1) is 6.04 Å². The largest absolute Gasteiger partial charge is 0.450 e. The van der Waals surface area contributed by atoms with E-state index in [1.807, 2.05) is 6.08 Å². The number of fused-ring (bicyclic) bond motifs is 3. The summed E-state index contributed by atoms with van der Waals surface area (Å²) in [5, 5.41) is 1.53. The van der Waals surface area contributed by atoms with E-state index in [1.165, 1.54) is 63.5 Å². The summed E-state index contributed by atoms with van der Waals surface area (Å²) in [6.07, 6.45) is 14.9. The molecule has 126 valence electrons. The van der Waals surface area contributed by atoms with E-state index in [2.05, 4.69) is 16.7 Å². The molecule has 3 nitrogen and oxygen atoms in total. The number of carbonyl (C=O) groups is 1. The maximum atomic E-state index is 12.0. The van der Waals surface area contributed by atoms with Crippen LogP contribution in [0, 0.1) is 0 Å². The Hall–Kier alpha value is -0.480. The molecule has 2 saturated carbocycles. The van der Waals surface area contributed by atoms with Gasteiger partial charge in [-0.15, -0.1) is 0 Å². The summed E-state index contributed by atoms with van der Waals surface area (Å²) in [6, 6.07) is 1.10. The van der Waals surface area contributed by atoms with Crippen LogP contribution in [-0.2, 0) is 9.53 Å². The maximum absolute atomic E-state index is 12.0. The van der Waals surface area contributed by atoms with Gasteiger partial charge in [0.15, 0.2) is 5.60 Å². The van der Waals surface area contributed by atoms with Crippen LogP contribution in [0.15, 0.2) is 11.6 Å². The summed E-state index contributed by atoms with van der Waals surface area (Å²) < 4.78 is 5.97. The molecule has 4 atom stereocenters. The second-order valence-corrected chi connectivity index (χ2v) is 9.68. The molecule has 4 heteroatoms. The Kier molecular flexibility index (Phi) is 3.56. The second-order valence-electron chi connectivity index (χ2n) is 8.14. The van der Waals surface area contributed by atoms with Crippen molar-refractivity contribution in [1.29, 1.82) is 0 Å². The van der Waals surface area contributed by atoms with Crippen LogP contribution in [-0.4, -0.2) is 45.6 Å². The molecule has 4 unspecified atom stereocenters. The zero-order chi connectivity index (χ0) is 15.4. The first kappa shape index (κ1) is 14.8. The predicted octanol–water partition coefficient (Wildman–Crippen LogP) is 3.67. The van der Waals surface area contributed by atoms with Gasteiger partial charge >= 0.3 is 5.97 Å². The van der Waals surface area contributed by atoms with Crippen molar-refractivity contribution >= 4 is 17.7 Å². The highest BCUT2D eigenvalue weighted by molar-refractivity contribution is 8.00. The highest BCUT2D eigenvalue weighted by Crippen LogP contribution is 2.56. The fourth-order valence-electron chi connectivity index (χ4n) is 5.93. The van der Waals surface area contributed by atoms with Gasteiger partial charge in [0, 0.05) is 29.0 Å². The number of ether oxygens (including phenoxy) is 1. The molecule has 2 aliphatic carbocycles. The van der Waals surface area contributed by atoms with Gasteiger partial charge in [0.25, 0.3) is 0 Å². The zero-order valence-electron chi connectivity index (χ0n) is 13.8. The van der Waals surface area contributed by atoms with E-state index in [1.54, 1.807) is 0 Å². The van der Waals surface area contributed by atoms with Crippen LogP contribution in [0.2, 0.25) is 0 Å². The number of piperidine rings is 1. The molecule has 1 spiro atoms. The van der Waals surface area contributed by atoms with Gasteiger partial charge in [0.1, 0.15) is 0 Å². The van der Waals surface area contributed by atoms with Crippen LogP contribution < -0.4 is 0 Å². The van der Waals surface area contributed by atoms with Crippen molar-refractivity contribution in [2.24, 2.45) is 0 Å². The molecule has 0 aromatic carbocycles. The maximum Gasteiger partial charge on any atom is 0.331 e. The standard InChI is InChI=1S/C19H27NO2S/c21-18-11-13-10-16(23-14-6-2-1-3-7-14)15-12-19(13,22-18)17-8-4-5-9-20(15)17/h11,14-17H,1-10,12H2. The van der Waals surface area contributed by atoms with Gasteiger partial charge in [0.2, 0.25) is 0 Å². The van der Waals surface area contributed by atoms with Crippen LogP contribution in [0.5, 0.6) is 0 Å². The molecule has 2 saturated heterocycles. The average molecular weight is 333 g/mol. The lowest BCUT2D eigenvalue weighted by Gasteiger charge is -2.38. The van der Waals surface area contributed by atoms with E-state index < -0.39 is 0 Å². The number of nitrogens with zero attached hydrogens (tertiary/aromatic N) is 1. The van der Waals surface area contributed by atoms with Gasteiger partial charge in [-0.05, 0) is 44.2 Å². The van der Waals surface area contributed by atoms with Crippen LogP contribution in [0.25, 0.3) is 0 Å². The Bertz CT molecular complexity index is 541. The number of hydrogen-bond donors (Lipinski definition) is 0. The van der Waals surface area contributed by atoms with Gasteiger partial charge < -0.3 is 4.74 Å². The van der Waals surface area contributed by atoms with Gasteiger partial charge in [-0.25, -0.2) is 4.79 Å². The average Bonchev–Trinajstić information content (AvgIpc) is 3.05. The summed E-state index contributed by atoms with van der Waals surface area (Å²) in [5.74, 6) is -0.0745. The number of hydrogen-bond acceptors (Lipinski definition) is 4. The lowest BCUT2D eigenvalue weighted by molar-refractivity contribution is -0.148. The van der Waals surface area contributed by atoms with Crippen LogP contribution in [0.1, 0.15) is 64.2 Å². The molecular weight excluding hydrogens is 306 g/mol. The van der Waals surface area contributed by atoms with Crippen molar-refractivity contribution in [1.82, 2.24) is 4.90 Å². The third-order valence-corrected chi connectivity index (χ3v) is 8.60. The molecule has 5 rings (SSSR count). The summed E-state index contributed by atoms with van der Waals surface area (Å²) in [5.41, 5.74) is 1.10. The molecule has 4 fully saturated rings. The normalized spacial score (nSPS) is 43.7. The van der Waals surface area contributed by atoms with E-state index in [0.717, 1.165) is 18.1 Å². The number of thioether (sulfide) groups is 1. The topological polar surface area (TPSA) is 29.5 Å². The Morgan fingerprint density at radius 2 is 1.96 bits per heavy atom. The lowest BCUT2D eigenvalue weighted by Crippen LogP contribution is -2.48. The van der Waals surface area contributed by atoms with Gasteiger partial charge in [-0.2, -0.15) is 11.8 Å². The smallest absolute Gasteiger partial charge is 0.331 e. The summed E-state index contributed by atoms with van der Waals surface area (Å²) in [7, 11) is 0. The third-order valence-electron chi connectivity index (χ3n) is 6.91. The van der Waals surface area contributed by atoms with E-state index in [-0.39, 0.29) is 11.6 Å². The van der Waals surface area contributed by atoms with Crippen LogP contribution >= 0.6 is 11.8 Å². The number of rotatable bonds is 2. The van der Waals surface area contributed by atoms with Gasteiger partial charge in [-0.1, -0.05) is 25.7 Å². The second kappa shape index (κ2) is 5.52. The van der Waals surface area contributed by atoms with E-state index in [0.29, 0.717) is 17.3 Å². The molecule has 3 aliphatic heterocycles. The van der Waals surface area contributed by atoms with E-state index in [9.17, 15) is 4.79 Å². The number of carbonyl (C=O) groups excluding carboxylic acids is 1. The molecule has 0 aromatic heterocycles. The van der Waals surface area contributed by atoms with E-state index >= 15 is 0 Å². The van der Waals surface area contributed by atoms with Crippen LogP contribution in [0.4, 0.5) is 0 Å². The quantitative estimate of drug-likeness (QED) is 0.721. The summed E-state index contributed by atoms with van der Waals surface area (Å²) in [6.45, 7) is 1.21. The molecular formula is C19H27NO2S. The molecule has 23 heavy (non-hydrogen) atoms. The Morgan fingerprint density at radius 3 is 2.83 bits per heavy atom. The third kappa shape index (κ3) is 2.24. The first-order valence-electron chi connectivity index (χ1n) is 9.61. The van der Waals surface area contributed by atoms with Crippen molar-refractivity contribution in [2.75, 3.05) is 6.54 Å². The van der Waals surface area contributed by atoms with E-state index in [4.69, 9.17) is 4.74 Å². The fraction of sp³-hybridized carbons (Fsp3) is 0.842. The molecule has 2 bridgehead atoms. The minimum atomic E-state index is -0.230. The minimum Gasteiger partial charge on any atom is -0.450 e. The molecule has 5 aliphatic rings. The summed E-state index contributed by atoms with van der Waals surface area (Å²) in [4.78, 5) is 14.8. The first-order chi connectivity index (χ1) is 11.3. The lowest BCUT2D eigenvalue weighted by atomic mass is 9.77. The summed E-state index contributed by atoms with van der Waals surface area (Å²) >= 11 is 2.25. The highest BCUT2D eigenvalue weighted by Gasteiger charge is 2.63. The van der Waals surface area contributed by atoms with Crippen molar-refractivity contribution in [2.45, 2.75) is 92.4 Å². The molecule has 0 amide bonds. The Balaban J connectivity index is 1.43. The molecule has 0 radical (unpaired) electrons.